The van der Waals surface area contributed by atoms with Crippen LogP contribution >= 0.6 is 0 Å². The van der Waals surface area contributed by atoms with Gasteiger partial charge in [-0.2, -0.15) is 0 Å². The summed E-state index contributed by atoms with van der Waals surface area (Å²) in [7, 11) is 0. The van der Waals surface area contributed by atoms with Crippen LogP contribution in [0.25, 0.3) is 152 Å². The maximum absolute atomic E-state index is 15.1. The summed E-state index contributed by atoms with van der Waals surface area (Å²) in [4.78, 5) is 30.3. The average molecular weight is 1190 g/mol. The van der Waals surface area contributed by atoms with Gasteiger partial charge in [0.25, 0.3) is 0 Å². The van der Waals surface area contributed by atoms with Crippen molar-refractivity contribution in [1.82, 2.24) is 0 Å². The molecule has 2 nitrogen and oxygen atoms in total. The smallest absolute Gasteiger partial charge is 0.194 e. The lowest BCUT2D eigenvalue weighted by atomic mass is 9.83. The molecule has 0 atom stereocenters. The number of hydrogen-bond donors (Lipinski definition) is 0. The van der Waals surface area contributed by atoms with Crippen molar-refractivity contribution >= 4 is 141 Å². The van der Waals surface area contributed by atoms with Gasteiger partial charge in [-0.3, -0.25) is 9.59 Å². The number of carbonyl (C=O) groups excluding carboxylic acids is 2. The number of fused-ring (bicyclic) bond motifs is 34. The lowest BCUT2D eigenvalue weighted by Crippen LogP contribution is -2.05. The van der Waals surface area contributed by atoms with E-state index in [4.69, 9.17) is 0 Å². The Hall–Kier alpha value is -10.0. The largest absolute Gasteiger partial charge is 0.289 e. The lowest BCUT2D eigenvalue weighted by Gasteiger charge is -2.19. The third-order valence-electron chi connectivity index (χ3n) is 21.1. The number of hydrogen-bond acceptors (Lipinski definition) is 2. The minimum atomic E-state index is 0.223. The Morgan fingerprint density at radius 1 is 0.196 bits per heavy atom. The van der Waals surface area contributed by atoms with E-state index in [9.17, 15) is 0 Å². The fraction of sp³-hybridized carbons (Fsp3) is 0.178. The molecule has 0 unspecified atom stereocenters. The van der Waals surface area contributed by atoms with Gasteiger partial charge in [0.2, 0.25) is 0 Å². The number of aryl methyl sites for hydroxylation is 4. The zero-order valence-corrected chi connectivity index (χ0v) is 53.1. The van der Waals surface area contributed by atoms with Crippen LogP contribution in [-0.2, 0) is 25.7 Å². The fourth-order valence-corrected chi connectivity index (χ4v) is 17.0. The van der Waals surface area contributed by atoms with Gasteiger partial charge >= 0.3 is 0 Å². The topological polar surface area (TPSA) is 34.1 Å². The number of carbonyl (C=O) groups is 2. The lowest BCUT2D eigenvalue weighted by molar-refractivity contribution is 0.103. The highest BCUT2D eigenvalue weighted by molar-refractivity contribution is 6.43. The van der Waals surface area contributed by atoms with Gasteiger partial charge in [0.1, 0.15) is 0 Å². The SMILES string of the molecule is CCCCc1cc2c3ccccc3c3ccccc3c2c2c1C(=O)c1c(CCCC)cc3c4ccccc4c4ccccc4c3c1-2.CCCCc1cc2c3ccccc3c3ccccc3c2c2c1C(=O)c1c(CCCC)cc3c4ccccc4c4ccccc4c3c1-2. The molecule has 2 aliphatic rings. The van der Waals surface area contributed by atoms with Crippen LogP contribution < -0.4 is 0 Å². The second-order valence-electron chi connectivity index (χ2n) is 26.3. The van der Waals surface area contributed by atoms with Crippen molar-refractivity contribution in [3.63, 3.8) is 0 Å². The van der Waals surface area contributed by atoms with Gasteiger partial charge in [-0.25, -0.2) is 0 Å². The first-order valence-corrected chi connectivity index (χ1v) is 34.1. The van der Waals surface area contributed by atoms with Crippen LogP contribution in [0.1, 0.15) is 133 Å². The van der Waals surface area contributed by atoms with Crippen LogP contribution in [0.15, 0.2) is 218 Å². The maximum Gasteiger partial charge on any atom is 0.194 e. The second-order valence-corrected chi connectivity index (χ2v) is 26.3. The van der Waals surface area contributed by atoms with Crippen LogP contribution in [0.4, 0.5) is 0 Å². The van der Waals surface area contributed by atoms with E-state index >= 15 is 9.59 Å². The van der Waals surface area contributed by atoms with Crippen molar-refractivity contribution in [2.45, 2.75) is 105 Å². The van der Waals surface area contributed by atoms with E-state index in [1.54, 1.807) is 0 Å². The molecule has 16 aromatic rings. The molecule has 92 heavy (non-hydrogen) atoms. The molecule has 0 aliphatic heterocycles. The summed E-state index contributed by atoms with van der Waals surface area (Å²) < 4.78 is 0. The van der Waals surface area contributed by atoms with Crippen molar-refractivity contribution in [2.75, 3.05) is 0 Å². The Labute approximate surface area is 537 Å². The van der Waals surface area contributed by atoms with Crippen molar-refractivity contribution in [3.05, 3.63) is 263 Å². The van der Waals surface area contributed by atoms with Crippen molar-refractivity contribution < 1.29 is 9.59 Å². The molecule has 18 rings (SSSR count). The van der Waals surface area contributed by atoms with Crippen LogP contribution in [-0.4, -0.2) is 11.6 Å². The van der Waals surface area contributed by atoms with Gasteiger partial charge in [-0.05, 0) is 227 Å². The zero-order chi connectivity index (χ0) is 61.9. The molecule has 0 spiro atoms. The number of rotatable bonds is 12. The second kappa shape index (κ2) is 22.4. The molecule has 2 heteroatoms. The molecule has 0 aromatic heterocycles. The molecular weight excluding hydrogens is 1110 g/mol. The molecule has 0 N–H and O–H groups in total. The Bertz CT molecular complexity index is 5140. The molecule has 0 heterocycles. The molecule has 0 saturated heterocycles. The minimum Gasteiger partial charge on any atom is -0.289 e. The highest BCUT2D eigenvalue weighted by Gasteiger charge is 2.39. The van der Waals surface area contributed by atoms with Crippen LogP contribution in [0.5, 0.6) is 0 Å². The zero-order valence-electron chi connectivity index (χ0n) is 53.1. The van der Waals surface area contributed by atoms with E-state index in [0.29, 0.717) is 0 Å². The first-order chi connectivity index (χ1) is 45.4. The summed E-state index contributed by atoms with van der Waals surface area (Å²) in [5.41, 5.74) is 13.2. The molecule has 444 valence electrons. The fourth-order valence-electron chi connectivity index (χ4n) is 17.0. The van der Waals surface area contributed by atoms with Crippen LogP contribution in [0, 0.1) is 0 Å². The number of benzene rings is 16. The standard InChI is InChI=1S/2C45H36O/c2*1-3-5-15-27-25-37-33-21-9-7-17-29(33)31-19-11-13-23-35(31)41(37)43-39(27)45(46)40-28(16-6-4-2)26-38-34-22-10-8-18-30(34)32-20-12-14-24-36(32)42(38)44(40)43/h2*7-14,17-26H,3-6,15-16H2,1-2H3. The number of unbranched alkanes of at least 4 members (excludes halogenated alkanes) is 4. The summed E-state index contributed by atoms with van der Waals surface area (Å²) in [6.07, 6.45) is 12.2. The summed E-state index contributed by atoms with van der Waals surface area (Å²) in [5.74, 6) is 0.445. The van der Waals surface area contributed by atoms with Crippen molar-refractivity contribution in [2.24, 2.45) is 0 Å². The van der Waals surface area contributed by atoms with Gasteiger partial charge in [0.15, 0.2) is 11.6 Å². The van der Waals surface area contributed by atoms with E-state index < -0.39 is 0 Å². The average Bonchev–Trinajstić information content (AvgIpc) is 1.50. The van der Waals surface area contributed by atoms with Gasteiger partial charge in [-0.1, -0.05) is 248 Å². The van der Waals surface area contributed by atoms with Crippen LogP contribution in [0.3, 0.4) is 0 Å². The van der Waals surface area contributed by atoms with Crippen molar-refractivity contribution in [3.8, 4) is 22.3 Å². The molecule has 16 aromatic carbocycles. The first-order valence-electron chi connectivity index (χ1n) is 34.1. The monoisotopic (exact) mass is 1180 g/mol. The normalized spacial score (nSPS) is 12.7. The predicted octanol–water partition coefficient (Wildman–Crippen LogP) is 25.0. The maximum atomic E-state index is 15.1. The quantitative estimate of drug-likeness (QED) is 0.114. The Morgan fingerprint density at radius 3 is 0.522 bits per heavy atom. The Morgan fingerprint density at radius 2 is 0.348 bits per heavy atom. The summed E-state index contributed by atoms with van der Waals surface area (Å²) >= 11 is 0. The van der Waals surface area contributed by atoms with E-state index in [-0.39, 0.29) is 11.6 Å². The molecule has 0 bridgehead atoms. The Balaban J connectivity index is 0.000000141. The Kier molecular flexibility index (Phi) is 13.7. The van der Waals surface area contributed by atoms with E-state index in [0.717, 1.165) is 122 Å². The van der Waals surface area contributed by atoms with E-state index in [1.807, 2.05) is 0 Å². The molecule has 0 fully saturated rings. The molecular formula is C90H72O2. The summed E-state index contributed by atoms with van der Waals surface area (Å²) in [6.45, 7) is 8.98. The molecule has 2 aliphatic carbocycles. The third-order valence-corrected chi connectivity index (χ3v) is 21.1. The van der Waals surface area contributed by atoms with Gasteiger partial charge in [0, 0.05) is 44.5 Å². The summed E-state index contributed by atoms with van der Waals surface area (Å²) in [6, 6.07) is 80.2. The van der Waals surface area contributed by atoms with Gasteiger partial charge in [0.05, 0.1) is 0 Å². The van der Waals surface area contributed by atoms with Gasteiger partial charge < -0.3 is 0 Å². The summed E-state index contributed by atoms with van der Waals surface area (Å²) in [5, 5.41) is 30.0. The molecule has 0 radical (unpaired) electrons. The highest BCUT2D eigenvalue weighted by Crippen LogP contribution is 2.56. The van der Waals surface area contributed by atoms with Gasteiger partial charge in [-0.15, -0.1) is 0 Å². The third kappa shape index (κ3) is 8.25. The van der Waals surface area contributed by atoms with E-state index in [2.05, 4.69) is 246 Å². The van der Waals surface area contributed by atoms with Crippen LogP contribution in [0.2, 0.25) is 0 Å². The predicted molar refractivity (Wildman–Crippen MR) is 395 cm³/mol. The highest BCUT2D eigenvalue weighted by atomic mass is 16.1. The molecule has 0 amide bonds. The van der Waals surface area contributed by atoms with Crippen molar-refractivity contribution in [1.29, 1.82) is 0 Å². The van der Waals surface area contributed by atoms with E-state index in [1.165, 1.54) is 152 Å². The minimum absolute atomic E-state index is 0.223. The number of ketones is 2. The molecule has 0 saturated carbocycles. The first kappa shape index (κ1) is 56.0.